The van der Waals surface area contributed by atoms with Gasteiger partial charge in [0, 0.05) is 13.6 Å². The molecule has 0 atom stereocenters. The fourth-order valence-electron chi connectivity index (χ4n) is 1.76. The predicted molar refractivity (Wildman–Crippen MR) is 75.5 cm³/mol. The molecule has 20 heavy (non-hydrogen) atoms. The Morgan fingerprint density at radius 1 is 1.65 bits per heavy atom. The predicted octanol–water partition coefficient (Wildman–Crippen LogP) is 0.891. The normalized spacial score (nSPS) is 14.1. The molecule has 0 aliphatic carbocycles. The number of nitrogens with two attached hydrogens (primary N) is 1. The first-order chi connectivity index (χ1) is 9.52. The minimum atomic E-state index is -0.423. The Kier molecular flexibility index (Phi) is 3.52. The molecule has 1 aliphatic heterocycles. The molecule has 2 amide bonds. The number of benzene rings is 1. The van der Waals surface area contributed by atoms with Crippen LogP contribution in [0.1, 0.15) is 5.56 Å². The van der Waals surface area contributed by atoms with Crippen molar-refractivity contribution in [2.75, 3.05) is 17.8 Å². The number of rotatable bonds is 3. The Morgan fingerprint density at radius 3 is 3.05 bits per heavy atom. The lowest BCUT2D eigenvalue weighted by Crippen LogP contribution is -2.35. The molecule has 0 aromatic heterocycles. The summed E-state index contributed by atoms with van der Waals surface area (Å²) in [6, 6.07) is 6.89. The number of nitriles is 1. The highest BCUT2D eigenvalue weighted by atomic mass is 16.2. The SMILES string of the molecule is CN1Cc2cccc(N/N=C(\C#N)C(=N)N)c2NC1=O. The summed E-state index contributed by atoms with van der Waals surface area (Å²) < 4.78 is 0. The van der Waals surface area contributed by atoms with Crippen molar-refractivity contribution in [3.05, 3.63) is 23.8 Å². The third kappa shape index (κ3) is 2.51. The monoisotopic (exact) mass is 271 g/mol. The van der Waals surface area contributed by atoms with Crippen molar-refractivity contribution < 1.29 is 4.79 Å². The summed E-state index contributed by atoms with van der Waals surface area (Å²) in [4.78, 5) is 13.2. The van der Waals surface area contributed by atoms with Crippen molar-refractivity contribution in [2.24, 2.45) is 10.8 Å². The van der Waals surface area contributed by atoms with E-state index in [1.165, 1.54) is 0 Å². The van der Waals surface area contributed by atoms with Crippen molar-refractivity contribution >= 4 is 29.0 Å². The first-order valence-corrected chi connectivity index (χ1v) is 5.75. The van der Waals surface area contributed by atoms with Crippen LogP contribution in [0.2, 0.25) is 0 Å². The van der Waals surface area contributed by atoms with Crippen LogP contribution < -0.4 is 16.5 Å². The third-order valence-electron chi connectivity index (χ3n) is 2.79. The second-order valence-corrected chi connectivity index (χ2v) is 4.22. The molecule has 1 aliphatic rings. The Morgan fingerprint density at radius 2 is 2.40 bits per heavy atom. The maximum absolute atomic E-state index is 11.7. The van der Waals surface area contributed by atoms with Crippen LogP contribution in [0, 0.1) is 16.7 Å². The fourth-order valence-corrected chi connectivity index (χ4v) is 1.76. The minimum Gasteiger partial charge on any atom is -0.382 e. The number of nitrogens with one attached hydrogen (secondary N) is 3. The molecule has 8 heteroatoms. The summed E-state index contributed by atoms with van der Waals surface area (Å²) in [7, 11) is 1.69. The van der Waals surface area contributed by atoms with Gasteiger partial charge in [0.15, 0.2) is 5.84 Å². The molecule has 0 radical (unpaired) electrons. The average Bonchev–Trinajstić information content (AvgIpc) is 2.41. The van der Waals surface area contributed by atoms with Gasteiger partial charge in [-0.1, -0.05) is 12.1 Å². The lowest BCUT2D eigenvalue weighted by atomic mass is 10.1. The van der Waals surface area contributed by atoms with E-state index in [0.717, 1.165) is 5.56 Å². The topological polar surface area (TPSA) is 130 Å². The lowest BCUT2D eigenvalue weighted by molar-refractivity contribution is 0.218. The second-order valence-electron chi connectivity index (χ2n) is 4.22. The molecular formula is C12H13N7O. The molecule has 0 unspecified atom stereocenters. The molecule has 5 N–H and O–H groups in total. The van der Waals surface area contributed by atoms with Crippen LogP contribution in [0.15, 0.2) is 23.3 Å². The van der Waals surface area contributed by atoms with Crippen molar-refractivity contribution in [3.8, 4) is 6.07 Å². The van der Waals surface area contributed by atoms with E-state index >= 15 is 0 Å². The second kappa shape index (κ2) is 5.27. The van der Waals surface area contributed by atoms with Gasteiger partial charge in [-0.2, -0.15) is 10.4 Å². The first-order valence-electron chi connectivity index (χ1n) is 5.75. The zero-order valence-corrected chi connectivity index (χ0v) is 10.8. The highest BCUT2D eigenvalue weighted by Gasteiger charge is 2.21. The Balaban J connectivity index is 2.31. The number of hydrogen-bond acceptors (Lipinski definition) is 5. The minimum absolute atomic E-state index is 0.220. The molecule has 102 valence electrons. The van der Waals surface area contributed by atoms with Crippen LogP contribution in [0.4, 0.5) is 16.2 Å². The van der Waals surface area contributed by atoms with Crippen LogP contribution in [-0.4, -0.2) is 29.5 Å². The van der Waals surface area contributed by atoms with Crippen LogP contribution >= 0.6 is 0 Å². The van der Waals surface area contributed by atoms with Gasteiger partial charge in [-0.25, -0.2) is 4.79 Å². The van der Waals surface area contributed by atoms with Gasteiger partial charge in [-0.05, 0) is 11.6 Å². The average molecular weight is 271 g/mol. The third-order valence-corrected chi connectivity index (χ3v) is 2.79. The summed E-state index contributed by atoms with van der Waals surface area (Å²) in [5.74, 6) is -0.423. The van der Waals surface area contributed by atoms with E-state index < -0.39 is 5.84 Å². The molecule has 0 fully saturated rings. The number of para-hydroxylation sites is 1. The number of anilines is 2. The zero-order valence-electron chi connectivity index (χ0n) is 10.8. The Labute approximate surface area is 115 Å². The molecule has 2 rings (SSSR count). The quantitative estimate of drug-likeness (QED) is 0.369. The number of carbonyl (C=O) groups is 1. The van der Waals surface area contributed by atoms with E-state index in [0.29, 0.717) is 17.9 Å². The van der Waals surface area contributed by atoms with E-state index in [4.69, 9.17) is 16.4 Å². The van der Waals surface area contributed by atoms with Crippen LogP contribution in [0.5, 0.6) is 0 Å². The smallest absolute Gasteiger partial charge is 0.321 e. The summed E-state index contributed by atoms with van der Waals surface area (Å²) in [5.41, 5.74) is 9.71. The number of urea groups is 1. The Bertz CT molecular complexity index is 644. The molecule has 1 heterocycles. The molecule has 0 saturated carbocycles. The standard InChI is InChI=1S/C12H13N7O/c1-19-6-7-3-2-4-8(10(7)16-12(19)20)17-18-9(5-13)11(14)15/h2-4,17H,6H2,1H3,(H3,14,15)(H,16,20)/b18-9+. The van der Waals surface area contributed by atoms with Gasteiger partial charge in [-0.3, -0.25) is 10.8 Å². The van der Waals surface area contributed by atoms with Gasteiger partial charge in [0.1, 0.15) is 6.07 Å². The summed E-state index contributed by atoms with van der Waals surface area (Å²) >= 11 is 0. The van der Waals surface area contributed by atoms with E-state index in [1.54, 1.807) is 24.1 Å². The lowest BCUT2D eigenvalue weighted by Gasteiger charge is -2.27. The highest BCUT2D eigenvalue weighted by molar-refractivity contribution is 6.45. The van der Waals surface area contributed by atoms with Crippen LogP contribution in [0.25, 0.3) is 0 Å². The highest BCUT2D eigenvalue weighted by Crippen LogP contribution is 2.30. The van der Waals surface area contributed by atoms with Crippen LogP contribution in [-0.2, 0) is 6.54 Å². The van der Waals surface area contributed by atoms with E-state index in [2.05, 4.69) is 15.8 Å². The van der Waals surface area contributed by atoms with Gasteiger partial charge < -0.3 is 16.0 Å². The first kappa shape index (κ1) is 13.4. The van der Waals surface area contributed by atoms with E-state index in [1.807, 2.05) is 12.1 Å². The fraction of sp³-hybridized carbons (Fsp3) is 0.167. The van der Waals surface area contributed by atoms with Crippen molar-refractivity contribution in [2.45, 2.75) is 6.54 Å². The van der Waals surface area contributed by atoms with Crippen LogP contribution in [0.3, 0.4) is 0 Å². The maximum atomic E-state index is 11.7. The molecule has 0 spiro atoms. The van der Waals surface area contributed by atoms with Gasteiger partial charge >= 0.3 is 6.03 Å². The number of amides is 2. The van der Waals surface area contributed by atoms with Gasteiger partial charge in [-0.15, -0.1) is 0 Å². The maximum Gasteiger partial charge on any atom is 0.321 e. The Hall–Kier alpha value is -3.08. The zero-order chi connectivity index (χ0) is 14.7. The van der Waals surface area contributed by atoms with Gasteiger partial charge in [0.25, 0.3) is 0 Å². The largest absolute Gasteiger partial charge is 0.382 e. The van der Waals surface area contributed by atoms with Crippen molar-refractivity contribution in [1.29, 1.82) is 10.7 Å². The molecular weight excluding hydrogens is 258 g/mol. The summed E-state index contributed by atoms with van der Waals surface area (Å²) in [5, 5.41) is 22.4. The summed E-state index contributed by atoms with van der Waals surface area (Å²) in [6.45, 7) is 0.484. The van der Waals surface area contributed by atoms with Gasteiger partial charge in [0.2, 0.25) is 5.71 Å². The van der Waals surface area contributed by atoms with E-state index in [-0.39, 0.29) is 11.7 Å². The molecule has 0 bridgehead atoms. The number of carbonyl (C=O) groups excluding carboxylic acids is 1. The number of nitrogens with zero attached hydrogens (tertiary/aromatic N) is 3. The van der Waals surface area contributed by atoms with E-state index in [9.17, 15) is 4.79 Å². The number of amidine groups is 1. The molecule has 8 nitrogen and oxygen atoms in total. The summed E-state index contributed by atoms with van der Waals surface area (Å²) in [6.07, 6.45) is 0. The molecule has 1 aromatic carbocycles. The molecule has 1 aromatic rings. The number of hydrazone groups is 1. The number of fused-ring (bicyclic) bond motifs is 1. The van der Waals surface area contributed by atoms with Crippen molar-refractivity contribution in [3.63, 3.8) is 0 Å². The van der Waals surface area contributed by atoms with Gasteiger partial charge in [0.05, 0.1) is 11.4 Å². The van der Waals surface area contributed by atoms with Crippen molar-refractivity contribution in [1.82, 2.24) is 4.90 Å². The number of hydrogen-bond donors (Lipinski definition) is 4. The molecule has 0 saturated heterocycles.